The lowest BCUT2D eigenvalue weighted by Gasteiger charge is -2.07. The number of aromatic amines is 1. The maximum atomic E-state index is 10.9. The maximum Gasteiger partial charge on any atom is 0.358 e. The summed E-state index contributed by atoms with van der Waals surface area (Å²) in [4.78, 5) is 10.9. The molecule has 0 saturated heterocycles. The van der Waals surface area contributed by atoms with Crippen LogP contribution in [0.2, 0.25) is 10.0 Å². The van der Waals surface area contributed by atoms with Gasteiger partial charge in [-0.2, -0.15) is 10.3 Å². The van der Waals surface area contributed by atoms with Crippen LogP contribution in [0.15, 0.2) is 42.5 Å². The van der Waals surface area contributed by atoms with Gasteiger partial charge in [-0.25, -0.2) is 4.79 Å². The summed E-state index contributed by atoms with van der Waals surface area (Å²) < 4.78 is 5.54. The lowest BCUT2D eigenvalue weighted by atomic mass is 10.1. The van der Waals surface area contributed by atoms with E-state index in [1.54, 1.807) is 24.3 Å². The van der Waals surface area contributed by atoms with Gasteiger partial charge in [0.2, 0.25) is 0 Å². The van der Waals surface area contributed by atoms with Gasteiger partial charge >= 0.3 is 5.97 Å². The molecule has 8 heteroatoms. The highest BCUT2D eigenvalue weighted by Gasteiger charge is 2.15. The number of halogens is 2. The molecule has 0 radical (unpaired) electrons. The summed E-state index contributed by atoms with van der Waals surface area (Å²) >= 11 is 11.9. The van der Waals surface area contributed by atoms with E-state index in [1.165, 1.54) is 0 Å². The molecule has 3 rings (SSSR count). The lowest BCUT2D eigenvalue weighted by molar-refractivity contribution is 0.0687. The molecular formula is C16H11Cl2N3O3. The van der Waals surface area contributed by atoms with E-state index >= 15 is 0 Å². The van der Waals surface area contributed by atoms with Crippen LogP contribution in [0.5, 0.6) is 5.75 Å². The fraction of sp³-hybridized carbons (Fsp3) is 0.0625. The van der Waals surface area contributed by atoms with Crippen molar-refractivity contribution in [2.75, 3.05) is 0 Å². The Hall–Kier alpha value is -2.57. The summed E-state index contributed by atoms with van der Waals surface area (Å²) in [6.07, 6.45) is 0. The second kappa shape index (κ2) is 6.90. The Morgan fingerprint density at radius 2 is 1.75 bits per heavy atom. The van der Waals surface area contributed by atoms with Crippen LogP contribution >= 0.6 is 23.2 Å². The molecule has 0 aliphatic rings. The molecule has 2 aromatic carbocycles. The zero-order valence-electron chi connectivity index (χ0n) is 12.2. The molecule has 0 aliphatic heterocycles. The minimum atomic E-state index is -1.16. The van der Waals surface area contributed by atoms with E-state index < -0.39 is 5.97 Å². The SMILES string of the molecule is O=C(O)c1n[nH]nc1COc1ccc(-c2ccc(Cl)c(Cl)c2)cc1. The number of hydrogen-bond donors (Lipinski definition) is 2. The lowest BCUT2D eigenvalue weighted by Crippen LogP contribution is -2.05. The zero-order chi connectivity index (χ0) is 17.1. The van der Waals surface area contributed by atoms with Crippen molar-refractivity contribution in [2.24, 2.45) is 0 Å². The van der Waals surface area contributed by atoms with Crippen molar-refractivity contribution in [3.8, 4) is 16.9 Å². The summed E-state index contributed by atoms with van der Waals surface area (Å²) in [7, 11) is 0. The Bertz CT molecular complexity index is 879. The molecule has 0 atom stereocenters. The monoisotopic (exact) mass is 363 g/mol. The van der Waals surface area contributed by atoms with Crippen LogP contribution in [0.1, 0.15) is 16.2 Å². The number of rotatable bonds is 5. The van der Waals surface area contributed by atoms with Crippen LogP contribution < -0.4 is 4.74 Å². The molecule has 0 spiro atoms. The first-order valence-corrected chi connectivity index (χ1v) is 7.61. The quantitative estimate of drug-likeness (QED) is 0.713. The minimum absolute atomic E-state index is 0.00422. The van der Waals surface area contributed by atoms with E-state index in [4.69, 9.17) is 33.0 Å². The number of aromatic carboxylic acids is 1. The van der Waals surface area contributed by atoms with Crippen molar-refractivity contribution in [1.82, 2.24) is 15.4 Å². The van der Waals surface area contributed by atoms with Crippen LogP contribution in [0, 0.1) is 0 Å². The third-order valence-corrected chi connectivity index (χ3v) is 4.04. The van der Waals surface area contributed by atoms with Crippen molar-refractivity contribution in [2.45, 2.75) is 6.61 Å². The molecule has 0 fully saturated rings. The summed E-state index contributed by atoms with van der Waals surface area (Å²) in [5.74, 6) is -0.574. The Balaban J connectivity index is 1.71. The normalized spacial score (nSPS) is 10.6. The standard InChI is InChI=1S/C16H11Cl2N3O3/c17-12-6-3-10(7-13(12)18)9-1-4-11(5-2-9)24-8-14-15(16(22)23)20-21-19-14/h1-7H,8H2,(H,22,23)(H,19,20,21). The van der Waals surface area contributed by atoms with Crippen LogP contribution in [0.25, 0.3) is 11.1 Å². The van der Waals surface area contributed by atoms with Crippen LogP contribution in [0.4, 0.5) is 0 Å². The van der Waals surface area contributed by atoms with E-state index in [2.05, 4.69) is 15.4 Å². The van der Waals surface area contributed by atoms with Gasteiger partial charge in [-0.3, -0.25) is 0 Å². The minimum Gasteiger partial charge on any atom is -0.487 e. The number of carbonyl (C=O) groups is 1. The Labute approximate surface area is 147 Å². The number of ether oxygens (including phenoxy) is 1. The number of aromatic nitrogens is 3. The van der Waals surface area contributed by atoms with Crippen molar-refractivity contribution in [3.63, 3.8) is 0 Å². The molecule has 0 amide bonds. The molecule has 2 N–H and O–H groups in total. The van der Waals surface area contributed by atoms with Gasteiger partial charge in [0.1, 0.15) is 18.1 Å². The molecule has 122 valence electrons. The van der Waals surface area contributed by atoms with Gasteiger partial charge in [-0.15, -0.1) is 5.10 Å². The summed E-state index contributed by atoms with van der Waals surface area (Å²) in [5, 5.41) is 19.5. The van der Waals surface area contributed by atoms with Crippen LogP contribution in [-0.4, -0.2) is 26.5 Å². The van der Waals surface area contributed by atoms with Crippen LogP contribution in [0.3, 0.4) is 0 Å². The van der Waals surface area contributed by atoms with Gasteiger partial charge in [0, 0.05) is 0 Å². The Morgan fingerprint density at radius 1 is 1.04 bits per heavy atom. The first-order chi connectivity index (χ1) is 11.5. The fourth-order valence-corrected chi connectivity index (χ4v) is 2.39. The van der Waals surface area contributed by atoms with Gasteiger partial charge < -0.3 is 9.84 Å². The predicted octanol–water partition coefficient (Wildman–Crippen LogP) is 4.06. The highest BCUT2D eigenvalue weighted by molar-refractivity contribution is 6.42. The number of nitrogens with one attached hydrogen (secondary N) is 1. The summed E-state index contributed by atoms with van der Waals surface area (Å²) in [6.45, 7) is 0.00422. The smallest absolute Gasteiger partial charge is 0.358 e. The first kappa shape index (κ1) is 16.3. The van der Waals surface area contributed by atoms with Crippen molar-refractivity contribution < 1.29 is 14.6 Å². The fourth-order valence-electron chi connectivity index (χ4n) is 2.10. The highest BCUT2D eigenvalue weighted by Crippen LogP contribution is 2.29. The van der Waals surface area contributed by atoms with Crippen molar-refractivity contribution >= 4 is 29.2 Å². The highest BCUT2D eigenvalue weighted by atomic mass is 35.5. The predicted molar refractivity (Wildman–Crippen MR) is 89.6 cm³/mol. The van der Waals surface area contributed by atoms with Gasteiger partial charge in [0.15, 0.2) is 5.69 Å². The number of benzene rings is 2. The second-order valence-corrected chi connectivity index (χ2v) is 5.68. The number of hydrogen-bond acceptors (Lipinski definition) is 4. The van der Waals surface area contributed by atoms with Crippen molar-refractivity contribution in [1.29, 1.82) is 0 Å². The largest absolute Gasteiger partial charge is 0.487 e. The molecule has 6 nitrogen and oxygen atoms in total. The Morgan fingerprint density at radius 3 is 2.42 bits per heavy atom. The molecule has 1 heterocycles. The van der Waals surface area contributed by atoms with Crippen molar-refractivity contribution in [3.05, 3.63) is 63.9 Å². The van der Waals surface area contributed by atoms with Gasteiger partial charge in [-0.1, -0.05) is 41.4 Å². The second-order valence-electron chi connectivity index (χ2n) is 4.87. The van der Waals surface area contributed by atoms with Gasteiger partial charge in [-0.05, 0) is 35.4 Å². The molecular weight excluding hydrogens is 353 g/mol. The van der Waals surface area contributed by atoms with E-state index in [9.17, 15) is 4.79 Å². The molecule has 3 aromatic rings. The van der Waals surface area contributed by atoms with E-state index in [1.807, 2.05) is 18.2 Å². The average Bonchev–Trinajstić information content (AvgIpc) is 3.05. The number of nitrogens with zero attached hydrogens (tertiary/aromatic N) is 2. The zero-order valence-corrected chi connectivity index (χ0v) is 13.7. The Kier molecular flexibility index (Phi) is 4.69. The average molecular weight is 364 g/mol. The molecule has 1 aromatic heterocycles. The van der Waals surface area contributed by atoms with Gasteiger partial charge in [0.25, 0.3) is 0 Å². The molecule has 0 saturated carbocycles. The maximum absolute atomic E-state index is 10.9. The summed E-state index contributed by atoms with van der Waals surface area (Å²) in [5.41, 5.74) is 1.97. The van der Waals surface area contributed by atoms with E-state index in [-0.39, 0.29) is 18.0 Å². The van der Waals surface area contributed by atoms with Gasteiger partial charge in [0.05, 0.1) is 10.0 Å². The first-order valence-electron chi connectivity index (χ1n) is 6.86. The third-order valence-electron chi connectivity index (χ3n) is 3.31. The van der Waals surface area contributed by atoms with E-state index in [0.717, 1.165) is 11.1 Å². The van der Waals surface area contributed by atoms with Crippen LogP contribution in [-0.2, 0) is 6.61 Å². The molecule has 24 heavy (non-hydrogen) atoms. The topological polar surface area (TPSA) is 88.1 Å². The number of carboxylic acids is 1. The molecule has 0 unspecified atom stereocenters. The number of carboxylic acid groups (broad SMARTS) is 1. The third kappa shape index (κ3) is 3.50. The summed E-state index contributed by atoms with van der Waals surface area (Å²) in [6, 6.07) is 12.7. The molecule has 0 bridgehead atoms. The molecule has 0 aliphatic carbocycles. The van der Waals surface area contributed by atoms with E-state index in [0.29, 0.717) is 15.8 Å². The number of H-pyrrole nitrogens is 1.